The molecule has 2 aromatic heterocycles. The van der Waals surface area contributed by atoms with Gasteiger partial charge in [-0.2, -0.15) is 0 Å². The van der Waals surface area contributed by atoms with Gasteiger partial charge in [-0.25, -0.2) is 9.97 Å². The van der Waals surface area contributed by atoms with Crippen LogP contribution in [0, 0.1) is 0 Å². The van der Waals surface area contributed by atoms with E-state index in [1.54, 1.807) is 46.4 Å². The number of hydrogen-bond acceptors (Lipinski definition) is 4. The molecule has 0 saturated carbocycles. The standard InChI is InChI=1S/C19H17N5O2/c25-18-6-3-10-24(18)16-5-2-1-4-15(16)22-19(26)14-7-8-17(21-12-14)23-11-9-20-13-23/h1-2,4-5,7-9,11-13H,3,6,10H2,(H,22,26). The van der Waals surface area contributed by atoms with Crippen LogP contribution in [0.1, 0.15) is 23.2 Å². The van der Waals surface area contributed by atoms with Crippen LogP contribution >= 0.6 is 0 Å². The van der Waals surface area contributed by atoms with Gasteiger partial charge in [-0.1, -0.05) is 12.1 Å². The van der Waals surface area contributed by atoms with E-state index in [9.17, 15) is 9.59 Å². The second kappa shape index (κ2) is 6.79. The summed E-state index contributed by atoms with van der Waals surface area (Å²) in [6.45, 7) is 0.673. The number of amides is 2. The lowest BCUT2D eigenvalue weighted by molar-refractivity contribution is -0.117. The summed E-state index contributed by atoms with van der Waals surface area (Å²) in [4.78, 5) is 34.6. The molecular weight excluding hydrogens is 330 g/mol. The van der Waals surface area contributed by atoms with Crippen molar-refractivity contribution in [1.29, 1.82) is 0 Å². The van der Waals surface area contributed by atoms with Gasteiger partial charge in [0.2, 0.25) is 5.91 Å². The topological polar surface area (TPSA) is 80.1 Å². The molecule has 2 amide bonds. The van der Waals surface area contributed by atoms with Crippen LogP contribution in [0.5, 0.6) is 0 Å². The maximum atomic E-state index is 12.6. The van der Waals surface area contributed by atoms with Gasteiger partial charge in [0.05, 0.1) is 16.9 Å². The fourth-order valence-corrected chi connectivity index (χ4v) is 2.98. The molecule has 0 bridgehead atoms. The molecule has 0 radical (unpaired) electrons. The van der Waals surface area contributed by atoms with Crippen LogP contribution in [0.2, 0.25) is 0 Å². The first-order valence-corrected chi connectivity index (χ1v) is 8.37. The van der Waals surface area contributed by atoms with Gasteiger partial charge < -0.3 is 10.2 Å². The number of benzene rings is 1. The molecule has 7 heteroatoms. The van der Waals surface area contributed by atoms with E-state index in [1.165, 1.54) is 6.20 Å². The molecule has 1 fully saturated rings. The lowest BCUT2D eigenvalue weighted by Crippen LogP contribution is -2.25. The highest BCUT2D eigenvalue weighted by Crippen LogP contribution is 2.29. The van der Waals surface area contributed by atoms with Gasteiger partial charge in [-0.15, -0.1) is 0 Å². The number of aromatic nitrogens is 3. The van der Waals surface area contributed by atoms with Crippen molar-refractivity contribution in [3.05, 3.63) is 66.9 Å². The Morgan fingerprint density at radius 1 is 1.15 bits per heavy atom. The van der Waals surface area contributed by atoms with Crippen molar-refractivity contribution < 1.29 is 9.59 Å². The number of rotatable bonds is 4. The SMILES string of the molecule is O=C(Nc1ccccc1N1CCCC1=O)c1ccc(-n2ccnc2)nc1. The predicted molar refractivity (Wildman–Crippen MR) is 97.3 cm³/mol. The molecule has 4 rings (SSSR count). The molecule has 1 saturated heterocycles. The summed E-state index contributed by atoms with van der Waals surface area (Å²) in [6, 6.07) is 10.8. The van der Waals surface area contributed by atoms with E-state index in [-0.39, 0.29) is 11.8 Å². The minimum absolute atomic E-state index is 0.0815. The van der Waals surface area contributed by atoms with Crippen molar-refractivity contribution in [2.75, 3.05) is 16.8 Å². The predicted octanol–water partition coefficient (Wildman–Crippen LogP) is 2.65. The minimum Gasteiger partial charge on any atom is -0.320 e. The van der Waals surface area contributed by atoms with Crippen molar-refractivity contribution in [3.63, 3.8) is 0 Å². The monoisotopic (exact) mass is 347 g/mol. The van der Waals surface area contributed by atoms with Crippen molar-refractivity contribution in [2.24, 2.45) is 0 Å². The molecule has 3 heterocycles. The summed E-state index contributed by atoms with van der Waals surface area (Å²) in [6.07, 6.45) is 7.99. The zero-order valence-corrected chi connectivity index (χ0v) is 14.0. The van der Waals surface area contributed by atoms with Crippen LogP contribution in [0.3, 0.4) is 0 Å². The lowest BCUT2D eigenvalue weighted by atomic mass is 10.2. The number of carbonyl (C=O) groups is 2. The van der Waals surface area contributed by atoms with Crippen molar-refractivity contribution in [3.8, 4) is 5.82 Å². The second-order valence-electron chi connectivity index (χ2n) is 6.00. The van der Waals surface area contributed by atoms with E-state index in [0.29, 0.717) is 30.0 Å². The van der Waals surface area contributed by atoms with Gasteiger partial charge in [0.1, 0.15) is 12.1 Å². The number of hydrogen-bond donors (Lipinski definition) is 1. The zero-order valence-electron chi connectivity index (χ0n) is 14.0. The van der Waals surface area contributed by atoms with Gasteiger partial charge >= 0.3 is 0 Å². The van der Waals surface area contributed by atoms with Gasteiger partial charge in [0.15, 0.2) is 0 Å². The summed E-state index contributed by atoms with van der Waals surface area (Å²) < 4.78 is 1.76. The largest absolute Gasteiger partial charge is 0.320 e. The molecule has 130 valence electrons. The van der Waals surface area contributed by atoms with Gasteiger partial charge in [-0.05, 0) is 30.7 Å². The number of para-hydroxylation sites is 2. The van der Waals surface area contributed by atoms with Crippen molar-refractivity contribution >= 4 is 23.2 Å². The molecule has 0 spiro atoms. The highest BCUT2D eigenvalue weighted by atomic mass is 16.2. The fourth-order valence-electron chi connectivity index (χ4n) is 2.98. The highest BCUT2D eigenvalue weighted by molar-refractivity contribution is 6.07. The molecule has 1 aromatic carbocycles. The van der Waals surface area contributed by atoms with Crippen LogP contribution in [0.15, 0.2) is 61.3 Å². The third kappa shape index (κ3) is 3.06. The van der Waals surface area contributed by atoms with E-state index in [4.69, 9.17) is 0 Å². The van der Waals surface area contributed by atoms with Crippen LogP contribution in [-0.4, -0.2) is 32.9 Å². The Labute approximate surface area is 150 Å². The first-order chi connectivity index (χ1) is 12.7. The molecule has 0 atom stereocenters. The molecule has 1 N–H and O–H groups in total. The maximum Gasteiger partial charge on any atom is 0.257 e. The van der Waals surface area contributed by atoms with E-state index in [0.717, 1.165) is 12.1 Å². The number of carbonyl (C=O) groups excluding carboxylic acids is 2. The van der Waals surface area contributed by atoms with E-state index in [1.807, 2.05) is 18.2 Å². The Morgan fingerprint density at radius 3 is 2.73 bits per heavy atom. The Bertz CT molecular complexity index is 935. The summed E-state index contributed by atoms with van der Waals surface area (Å²) in [5, 5.41) is 2.89. The Balaban J connectivity index is 1.54. The van der Waals surface area contributed by atoms with Gasteiger partial charge in [0.25, 0.3) is 5.91 Å². The summed E-state index contributed by atoms with van der Waals surface area (Å²) in [7, 11) is 0. The average Bonchev–Trinajstić information content (AvgIpc) is 3.34. The van der Waals surface area contributed by atoms with Crippen LogP contribution < -0.4 is 10.2 Å². The zero-order chi connectivity index (χ0) is 17.9. The third-order valence-electron chi connectivity index (χ3n) is 4.30. The first-order valence-electron chi connectivity index (χ1n) is 8.37. The Morgan fingerprint density at radius 2 is 2.04 bits per heavy atom. The molecule has 3 aromatic rings. The average molecular weight is 347 g/mol. The number of pyridine rings is 1. The number of nitrogens with one attached hydrogen (secondary N) is 1. The summed E-state index contributed by atoms with van der Waals surface area (Å²) in [5.41, 5.74) is 1.79. The van der Waals surface area contributed by atoms with Gasteiger partial charge in [0, 0.05) is 31.6 Å². The van der Waals surface area contributed by atoms with Crippen molar-refractivity contribution in [2.45, 2.75) is 12.8 Å². The van der Waals surface area contributed by atoms with Gasteiger partial charge in [-0.3, -0.25) is 14.2 Å². The number of nitrogens with zero attached hydrogens (tertiary/aromatic N) is 4. The molecular formula is C19H17N5O2. The normalized spacial score (nSPS) is 13.8. The first kappa shape index (κ1) is 16.0. The Hall–Kier alpha value is -3.48. The molecule has 26 heavy (non-hydrogen) atoms. The number of anilines is 2. The molecule has 0 unspecified atom stereocenters. The quantitative estimate of drug-likeness (QED) is 0.787. The smallest absolute Gasteiger partial charge is 0.257 e. The third-order valence-corrected chi connectivity index (χ3v) is 4.30. The van der Waals surface area contributed by atoms with E-state index < -0.39 is 0 Å². The Kier molecular flexibility index (Phi) is 4.18. The lowest BCUT2D eigenvalue weighted by Gasteiger charge is -2.20. The number of imidazole rings is 1. The van der Waals surface area contributed by atoms with Crippen LogP contribution in [0.4, 0.5) is 11.4 Å². The molecule has 7 nitrogen and oxygen atoms in total. The fraction of sp³-hybridized carbons (Fsp3) is 0.158. The molecule has 1 aliphatic heterocycles. The van der Waals surface area contributed by atoms with Crippen molar-refractivity contribution in [1.82, 2.24) is 14.5 Å². The minimum atomic E-state index is -0.270. The van der Waals surface area contributed by atoms with E-state index >= 15 is 0 Å². The van der Waals surface area contributed by atoms with E-state index in [2.05, 4.69) is 15.3 Å². The highest BCUT2D eigenvalue weighted by Gasteiger charge is 2.24. The summed E-state index contributed by atoms with van der Waals surface area (Å²) >= 11 is 0. The van der Waals surface area contributed by atoms with Crippen LogP contribution in [0.25, 0.3) is 5.82 Å². The molecule has 0 aliphatic carbocycles. The molecule has 1 aliphatic rings. The summed E-state index contributed by atoms with van der Waals surface area (Å²) in [5.74, 6) is 0.494. The second-order valence-corrected chi connectivity index (χ2v) is 6.00. The maximum absolute atomic E-state index is 12.6. The van der Waals surface area contributed by atoms with Crippen LogP contribution in [-0.2, 0) is 4.79 Å².